The monoisotopic (exact) mass is 404 g/mol. The van der Waals surface area contributed by atoms with E-state index in [2.05, 4.69) is 20.9 Å². The lowest BCUT2D eigenvalue weighted by Gasteiger charge is -2.28. The molecule has 0 spiro atoms. The van der Waals surface area contributed by atoms with E-state index in [1.54, 1.807) is 33.0 Å². The molecule has 1 heterocycles. The molecule has 29 heavy (non-hydrogen) atoms. The summed E-state index contributed by atoms with van der Waals surface area (Å²) in [6, 6.07) is 3.60. The van der Waals surface area contributed by atoms with Gasteiger partial charge in [0.05, 0.1) is 5.41 Å². The van der Waals surface area contributed by atoms with Crippen molar-refractivity contribution in [3.8, 4) is 0 Å². The number of hydrogen-bond acceptors (Lipinski definition) is 5. The Morgan fingerprint density at radius 1 is 1.14 bits per heavy atom. The van der Waals surface area contributed by atoms with Crippen LogP contribution in [0, 0.1) is 12.3 Å². The van der Waals surface area contributed by atoms with Gasteiger partial charge in [0.2, 0.25) is 11.8 Å². The van der Waals surface area contributed by atoms with Gasteiger partial charge in [0, 0.05) is 25.7 Å². The highest BCUT2D eigenvalue weighted by Gasteiger charge is 2.41. The summed E-state index contributed by atoms with van der Waals surface area (Å²) < 4.78 is 5.26. The van der Waals surface area contributed by atoms with E-state index in [-0.39, 0.29) is 31.3 Å². The topological polar surface area (TPSA) is 109 Å². The predicted molar refractivity (Wildman–Crippen MR) is 110 cm³/mol. The molecular weight excluding hydrogens is 372 g/mol. The summed E-state index contributed by atoms with van der Waals surface area (Å²) in [6.45, 7) is 7.76. The molecule has 0 radical (unpaired) electrons. The van der Waals surface area contributed by atoms with E-state index in [1.165, 1.54) is 0 Å². The van der Waals surface area contributed by atoms with Crippen molar-refractivity contribution in [1.82, 2.24) is 15.6 Å². The molecule has 8 nitrogen and oxygen atoms in total. The van der Waals surface area contributed by atoms with Crippen LogP contribution in [0.25, 0.3) is 0 Å². The molecule has 3 amide bonds. The minimum atomic E-state index is -0.647. The standard InChI is InChI=1S/C21H32N4O4/c1-15-7-8-16(23-13-15)25-17(26)9-12-22-18(27)21(10-5-6-11-21)14-24-19(28)29-20(2,3)4/h7-8,13H,5-6,9-12,14H2,1-4H3,(H,22,27)(H,24,28)(H,23,25,26). The van der Waals surface area contributed by atoms with Crippen molar-refractivity contribution in [2.75, 3.05) is 18.4 Å². The number of carbonyl (C=O) groups excluding carboxylic acids is 3. The third kappa shape index (κ3) is 7.36. The van der Waals surface area contributed by atoms with E-state index in [0.29, 0.717) is 18.7 Å². The van der Waals surface area contributed by atoms with Crippen LogP contribution in [-0.4, -0.2) is 41.6 Å². The Hall–Kier alpha value is -2.64. The van der Waals surface area contributed by atoms with Gasteiger partial charge in [0.25, 0.3) is 0 Å². The zero-order valence-electron chi connectivity index (χ0n) is 17.8. The maximum absolute atomic E-state index is 12.8. The van der Waals surface area contributed by atoms with Crippen LogP contribution < -0.4 is 16.0 Å². The Morgan fingerprint density at radius 3 is 2.41 bits per heavy atom. The van der Waals surface area contributed by atoms with Gasteiger partial charge in [0.15, 0.2) is 0 Å². The molecule has 0 aromatic carbocycles. The predicted octanol–water partition coefficient (Wildman–Crippen LogP) is 2.92. The highest BCUT2D eigenvalue weighted by Crippen LogP contribution is 2.37. The number of carbonyl (C=O) groups is 3. The molecule has 3 N–H and O–H groups in total. The first kappa shape index (κ1) is 22.6. The summed E-state index contributed by atoms with van der Waals surface area (Å²) in [5, 5.41) is 8.29. The summed E-state index contributed by atoms with van der Waals surface area (Å²) in [6.07, 6.45) is 4.57. The van der Waals surface area contributed by atoms with Crippen molar-refractivity contribution in [1.29, 1.82) is 0 Å². The molecule has 1 aliphatic rings. The van der Waals surface area contributed by atoms with Gasteiger partial charge in [-0.15, -0.1) is 0 Å². The number of nitrogens with one attached hydrogen (secondary N) is 3. The normalized spacial score (nSPS) is 15.4. The minimum Gasteiger partial charge on any atom is -0.444 e. The summed E-state index contributed by atoms with van der Waals surface area (Å²) in [4.78, 5) is 40.9. The Kier molecular flexibility index (Phi) is 7.59. The van der Waals surface area contributed by atoms with Crippen LogP contribution in [-0.2, 0) is 14.3 Å². The second-order valence-electron chi connectivity index (χ2n) is 8.62. The second-order valence-corrected chi connectivity index (χ2v) is 8.62. The lowest BCUT2D eigenvalue weighted by atomic mass is 9.85. The van der Waals surface area contributed by atoms with E-state index in [4.69, 9.17) is 4.74 Å². The van der Waals surface area contributed by atoms with Gasteiger partial charge in [-0.1, -0.05) is 18.9 Å². The Labute approximate surface area is 172 Å². The molecule has 0 bridgehead atoms. The van der Waals surface area contributed by atoms with E-state index >= 15 is 0 Å². The highest BCUT2D eigenvalue weighted by atomic mass is 16.6. The third-order valence-corrected chi connectivity index (χ3v) is 4.83. The summed E-state index contributed by atoms with van der Waals surface area (Å²) in [7, 11) is 0. The molecule has 0 atom stereocenters. The number of hydrogen-bond donors (Lipinski definition) is 3. The van der Waals surface area contributed by atoms with E-state index in [0.717, 1.165) is 18.4 Å². The molecule has 1 fully saturated rings. The fraction of sp³-hybridized carbons (Fsp3) is 0.619. The fourth-order valence-electron chi connectivity index (χ4n) is 3.32. The maximum Gasteiger partial charge on any atom is 0.407 e. The molecule has 0 unspecified atom stereocenters. The van der Waals surface area contributed by atoms with Gasteiger partial charge in [0.1, 0.15) is 11.4 Å². The summed E-state index contributed by atoms with van der Waals surface area (Å²) >= 11 is 0. The molecule has 1 aliphatic carbocycles. The van der Waals surface area contributed by atoms with E-state index in [1.807, 2.05) is 13.0 Å². The molecule has 0 saturated heterocycles. The molecule has 2 rings (SSSR count). The number of anilines is 1. The molecule has 1 aromatic heterocycles. The SMILES string of the molecule is Cc1ccc(NC(=O)CCNC(=O)C2(CNC(=O)OC(C)(C)C)CCCC2)nc1. The van der Waals surface area contributed by atoms with Crippen LogP contribution in [0.5, 0.6) is 0 Å². The Balaban J connectivity index is 1.80. The Morgan fingerprint density at radius 2 is 1.83 bits per heavy atom. The first-order valence-corrected chi connectivity index (χ1v) is 10.1. The number of nitrogens with zero attached hydrogens (tertiary/aromatic N) is 1. The Bertz CT molecular complexity index is 719. The van der Waals surface area contributed by atoms with Gasteiger partial charge in [-0.05, 0) is 52.2 Å². The fourth-order valence-corrected chi connectivity index (χ4v) is 3.32. The number of amides is 3. The number of alkyl carbamates (subject to hydrolysis) is 1. The smallest absolute Gasteiger partial charge is 0.407 e. The third-order valence-electron chi connectivity index (χ3n) is 4.83. The number of pyridine rings is 1. The molecule has 1 saturated carbocycles. The highest BCUT2D eigenvalue weighted by molar-refractivity contribution is 5.90. The number of rotatable bonds is 7. The van der Waals surface area contributed by atoms with E-state index < -0.39 is 17.1 Å². The van der Waals surface area contributed by atoms with Gasteiger partial charge in [-0.25, -0.2) is 9.78 Å². The van der Waals surface area contributed by atoms with Crippen LogP contribution in [0.4, 0.5) is 10.6 Å². The zero-order valence-corrected chi connectivity index (χ0v) is 17.8. The lowest BCUT2D eigenvalue weighted by Crippen LogP contribution is -2.48. The average molecular weight is 405 g/mol. The number of ether oxygens (including phenoxy) is 1. The van der Waals surface area contributed by atoms with Crippen LogP contribution in [0.2, 0.25) is 0 Å². The van der Waals surface area contributed by atoms with Gasteiger partial charge in [-0.2, -0.15) is 0 Å². The number of aryl methyl sites for hydroxylation is 1. The van der Waals surface area contributed by atoms with Crippen molar-refractivity contribution in [2.45, 2.75) is 65.4 Å². The minimum absolute atomic E-state index is 0.132. The van der Waals surface area contributed by atoms with Gasteiger partial charge < -0.3 is 20.7 Å². The second kappa shape index (κ2) is 9.71. The molecule has 8 heteroatoms. The van der Waals surface area contributed by atoms with Crippen molar-refractivity contribution < 1.29 is 19.1 Å². The van der Waals surface area contributed by atoms with Crippen molar-refractivity contribution in [3.63, 3.8) is 0 Å². The largest absolute Gasteiger partial charge is 0.444 e. The summed E-state index contributed by atoms with van der Waals surface area (Å²) in [5.41, 5.74) is -0.224. The molecular formula is C21H32N4O4. The van der Waals surface area contributed by atoms with Gasteiger partial charge >= 0.3 is 6.09 Å². The van der Waals surface area contributed by atoms with Crippen molar-refractivity contribution >= 4 is 23.7 Å². The first-order valence-electron chi connectivity index (χ1n) is 10.1. The quantitative estimate of drug-likeness (QED) is 0.647. The first-order chi connectivity index (χ1) is 13.6. The van der Waals surface area contributed by atoms with Gasteiger partial charge in [-0.3, -0.25) is 9.59 Å². The average Bonchev–Trinajstić information content (AvgIpc) is 3.11. The van der Waals surface area contributed by atoms with Crippen LogP contribution in [0.3, 0.4) is 0 Å². The lowest BCUT2D eigenvalue weighted by molar-refractivity contribution is -0.130. The summed E-state index contributed by atoms with van der Waals surface area (Å²) in [5.74, 6) is 0.141. The number of aromatic nitrogens is 1. The van der Waals surface area contributed by atoms with Crippen molar-refractivity contribution in [3.05, 3.63) is 23.9 Å². The molecule has 1 aromatic rings. The van der Waals surface area contributed by atoms with Crippen molar-refractivity contribution in [2.24, 2.45) is 5.41 Å². The molecule has 160 valence electrons. The van der Waals surface area contributed by atoms with Crippen LogP contribution in [0.15, 0.2) is 18.3 Å². The van der Waals surface area contributed by atoms with Crippen LogP contribution in [0.1, 0.15) is 58.4 Å². The van der Waals surface area contributed by atoms with E-state index in [9.17, 15) is 14.4 Å². The van der Waals surface area contributed by atoms with Crippen LogP contribution >= 0.6 is 0 Å². The maximum atomic E-state index is 12.8. The molecule has 0 aliphatic heterocycles. The zero-order chi connectivity index (χ0) is 21.5.